The van der Waals surface area contributed by atoms with Crippen LogP contribution in [0.1, 0.15) is 6.92 Å². The summed E-state index contributed by atoms with van der Waals surface area (Å²) in [5, 5.41) is 3.41. The van der Waals surface area contributed by atoms with Gasteiger partial charge < -0.3 is 15.0 Å². The normalized spacial score (nSPS) is 16.6. The second-order valence-electron chi connectivity index (χ2n) is 5.56. The van der Waals surface area contributed by atoms with Crippen LogP contribution in [0, 0.1) is 0 Å². The van der Waals surface area contributed by atoms with Crippen molar-refractivity contribution in [2.24, 2.45) is 0 Å². The van der Waals surface area contributed by atoms with Crippen molar-refractivity contribution < 1.29 is 9.53 Å². The van der Waals surface area contributed by atoms with Crippen molar-refractivity contribution in [2.75, 3.05) is 30.4 Å². The number of hydrogen-bond acceptors (Lipinski definition) is 4. The molecule has 0 aliphatic carbocycles. The molecule has 1 N–H and O–H groups in total. The molecular weight excluding hydrogens is 308 g/mol. The van der Waals surface area contributed by atoms with Gasteiger partial charge in [-0.25, -0.2) is 0 Å². The predicted molar refractivity (Wildman–Crippen MR) is 95.6 cm³/mol. The van der Waals surface area contributed by atoms with Crippen molar-refractivity contribution >= 4 is 29.0 Å². The van der Waals surface area contributed by atoms with Gasteiger partial charge in [-0.05, 0) is 24.3 Å². The first-order valence-electron chi connectivity index (χ1n) is 7.60. The molecule has 1 aliphatic heterocycles. The number of ether oxygens (including phenoxy) is 1. The number of hydrogen-bond donors (Lipinski definition) is 1. The van der Waals surface area contributed by atoms with Crippen LogP contribution in [0.2, 0.25) is 0 Å². The smallest absolute Gasteiger partial charge is 0.243 e. The molecule has 4 nitrogen and oxygen atoms in total. The molecule has 0 radical (unpaired) electrons. The van der Waals surface area contributed by atoms with Gasteiger partial charge in [0.2, 0.25) is 5.91 Å². The minimum absolute atomic E-state index is 0.0212. The number of para-hydroxylation sites is 1. The van der Waals surface area contributed by atoms with E-state index in [1.54, 1.807) is 7.11 Å². The zero-order valence-electron chi connectivity index (χ0n) is 13.3. The average molecular weight is 328 g/mol. The summed E-state index contributed by atoms with van der Waals surface area (Å²) in [6, 6.07) is 15.7. The summed E-state index contributed by atoms with van der Waals surface area (Å²) in [5.41, 5.74) is 1.89. The van der Waals surface area contributed by atoms with Gasteiger partial charge in [0.1, 0.15) is 5.75 Å². The largest absolute Gasteiger partial charge is 0.497 e. The number of nitrogens with one attached hydrogen (secondary N) is 1. The fourth-order valence-corrected chi connectivity index (χ4v) is 3.87. The van der Waals surface area contributed by atoms with Gasteiger partial charge in [0, 0.05) is 28.4 Å². The van der Waals surface area contributed by atoms with Gasteiger partial charge >= 0.3 is 0 Å². The highest BCUT2D eigenvalue weighted by Gasteiger charge is 2.23. The second-order valence-corrected chi connectivity index (χ2v) is 7.04. The highest BCUT2D eigenvalue weighted by Crippen LogP contribution is 2.37. The molecule has 0 saturated carbocycles. The lowest BCUT2D eigenvalue weighted by Crippen LogP contribution is -2.39. The van der Waals surface area contributed by atoms with E-state index in [0.717, 1.165) is 23.7 Å². The van der Waals surface area contributed by atoms with Crippen molar-refractivity contribution in [3.8, 4) is 5.75 Å². The Bertz CT molecular complexity index is 705. The van der Waals surface area contributed by atoms with Crippen LogP contribution < -0.4 is 15.0 Å². The van der Waals surface area contributed by atoms with E-state index >= 15 is 0 Å². The maximum atomic E-state index is 12.4. The molecule has 1 aliphatic rings. The molecule has 2 aromatic carbocycles. The summed E-state index contributed by atoms with van der Waals surface area (Å²) in [7, 11) is 1.62. The van der Waals surface area contributed by atoms with Gasteiger partial charge in [0.05, 0.1) is 19.3 Å². The molecule has 3 rings (SSSR count). The highest BCUT2D eigenvalue weighted by atomic mass is 32.2. The van der Waals surface area contributed by atoms with Crippen LogP contribution in [0.3, 0.4) is 0 Å². The van der Waals surface area contributed by atoms with E-state index in [1.165, 1.54) is 4.90 Å². The fraction of sp³-hybridized carbons (Fsp3) is 0.278. The molecule has 0 saturated heterocycles. The number of carbonyl (C=O) groups is 1. The third kappa shape index (κ3) is 3.79. The second kappa shape index (κ2) is 6.96. The Hall–Kier alpha value is -2.14. The van der Waals surface area contributed by atoms with Gasteiger partial charge in [-0.1, -0.05) is 25.1 Å². The topological polar surface area (TPSA) is 41.6 Å². The summed E-state index contributed by atoms with van der Waals surface area (Å²) in [6.07, 6.45) is 0. The summed E-state index contributed by atoms with van der Waals surface area (Å²) in [4.78, 5) is 15.8. The van der Waals surface area contributed by atoms with Crippen molar-refractivity contribution in [3.05, 3.63) is 48.5 Å². The van der Waals surface area contributed by atoms with Crippen LogP contribution in [-0.4, -0.2) is 31.4 Å². The van der Waals surface area contributed by atoms with Crippen molar-refractivity contribution in [1.82, 2.24) is 0 Å². The quantitative estimate of drug-likeness (QED) is 0.930. The van der Waals surface area contributed by atoms with Gasteiger partial charge in [-0.2, -0.15) is 0 Å². The van der Waals surface area contributed by atoms with E-state index in [4.69, 9.17) is 4.74 Å². The molecule has 2 aromatic rings. The van der Waals surface area contributed by atoms with E-state index in [-0.39, 0.29) is 5.91 Å². The van der Waals surface area contributed by atoms with Gasteiger partial charge in [-0.3, -0.25) is 4.79 Å². The number of benzene rings is 2. The molecule has 0 fully saturated rings. The van der Waals surface area contributed by atoms with E-state index in [0.29, 0.717) is 11.8 Å². The lowest BCUT2D eigenvalue weighted by molar-refractivity contribution is -0.115. The Balaban J connectivity index is 1.70. The number of rotatable bonds is 4. The van der Waals surface area contributed by atoms with E-state index in [1.807, 2.05) is 48.2 Å². The molecule has 0 aromatic heterocycles. The van der Waals surface area contributed by atoms with Crippen molar-refractivity contribution in [2.45, 2.75) is 17.1 Å². The summed E-state index contributed by atoms with van der Waals surface area (Å²) >= 11 is 1.86. The Kier molecular flexibility index (Phi) is 4.76. The minimum Gasteiger partial charge on any atom is -0.497 e. The molecule has 1 atom stereocenters. The van der Waals surface area contributed by atoms with E-state index in [2.05, 4.69) is 29.3 Å². The number of carbonyl (C=O) groups excluding carboxylic acids is 1. The number of anilines is 2. The van der Waals surface area contributed by atoms with Crippen LogP contribution in [0.15, 0.2) is 53.4 Å². The average Bonchev–Trinajstić information content (AvgIpc) is 2.54. The minimum atomic E-state index is -0.0212. The number of fused-ring (bicyclic) bond motifs is 1. The third-order valence-electron chi connectivity index (χ3n) is 3.70. The zero-order chi connectivity index (χ0) is 16.2. The maximum absolute atomic E-state index is 12.4. The Labute approximate surface area is 140 Å². The van der Waals surface area contributed by atoms with Gasteiger partial charge in [0.25, 0.3) is 0 Å². The molecule has 5 heteroatoms. The van der Waals surface area contributed by atoms with Crippen molar-refractivity contribution in [1.29, 1.82) is 0 Å². The van der Waals surface area contributed by atoms with Gasteiger partial charge in [0.15, 0.2) is 0 Å². The number of methoxy groups -OCH3 is 1. The number of amides is 1. The van der Waals surface area contributed by atoms with E-state index in [9.17, 15) is 4.79 Å². The Morgan fingerprint density at radius 3 is 2.96 bits per heavy atom. The van der Waals surface area contributed by atoms with Gasteiger partial charge in [-0.15, -0.1) is 11.8 Å². The van der Waals surface area contributed by atoms with E-state index < -0.39 is 0 Å². The van der Waals surface area contributed by atoms with Crippen LogP contribution in [0.5, 0.6) is 5.75 Å². The first-order chi connectivity index (χ1) is 11.2. The van der Waals surface area contributed by atoms with Crippen LogP contribution in [0.4, 0.5) is 11.4 Å². The van der Waals surface area contributed by atoms with Crippen LogP contribution in [0.25, 0.3) is 0 Å². The maximum Gasteiger partial charge on any atom is 0.243 e. The molecule has 0 bridgehead atoms. The lowest BCUT2D eigenvalue weighted by Gasteiger charge is -2.33. The summed E-state index contributed by atoms with van der Waals surface area (Å²) in [5.74, 6) is 0.711. The summed E-state index contributed by atoms with van der Waals surface area (Å²) < 4.78 is 5.18. The molecule has 1 heterocycles. The highest BCUT2D eigenvalue weighted by molar-refractivity contribution is 8.00. The molecule has 23 heavy (non-hydrogen) atoms. The Morgan fingerprint density at radius 1 is 1.30 bits per heavy atom. The molecule has 1 amide bonds. The number of thioether (sulfide) groups is 1. The monoisotopic (exact) mass is 328 g/mol. The SMILES string of the molecule is COc1cccc(NC(=O)CN2CC(C)Sc3ccccc32)c1. The standard InChI is InChI=1S/C18H20N2O2S/c1-13-11-20(16-8-3-4-9-17(16)23-13)12-18(21)19-14-6-5-7-15(10-14)22-2/h3-10,13H,11-12H2,1-2H3,(H,19,21). The molecular formula is C18H20N2O2S. The Morgan fingerprint density at radius 2 is 2.13 bits per heavy atom. The predicted octanol–water partition coefficient (Wildman–Crippen LogP) is 3.63. The fourth-order valence-electron chi connectivity index (χ4n) is 2.71. The zero-order valence-corrected chi connectivity index (χ0v) is 14.1. The van der Waals surface area contributed by atoms with Crippen molar-refractivity contribution in [3.63, 3.8) is 0 Å². The van der Waals surface area contributed by atoms with Crippen LogP contribution >= 0.6 is 11.8 Å². The lowest BCUT2D eigenvalue weighted by atomic mass is 10.2. The first kappa shape index (κ1) is 15.7. The van der Waals surface area contributed by atoms with Crippen LogP contribution in [-0.2, 0) is 4.79 Å². The molecule has 1 unspecified atom stereocenters. The molecule has 120 valence electrons. The molecule has 0 spiro atoms. The summed E-state index contributed by atoms with van der Waals surface area (Å²) in [6.45, 7) is 3.40. The third-order valence-corrected chi connectivity index (χ3v) is 4.85. The first-order valence-corrected chi connectivity index (χ1v) is 8.48. The number of nitrogens with zero attached hydrogens (tertiary/aromatic N) is 1.